The van der Waals surface area contributed by atoms with Crippen molar-refractivity contribution in [3.05, 3.63) is 41.2 Å². The van der Waals surface area contributed by atoms with E-state index < -0.39 is 56.5 Å². The fourth-order valence-corrected chi connectivity index (χ4v) is 4.17. The van der Waals surface area contributed by atoms with Gasteiger partial charge in [0.15, 0.2) is 21.1 Å². The third-order valence-corrected chi connectivity index (χ3v) is 6.18. The van der Waals surface area contributed by atoms with E-state index >= 15 is 0 Å². The third kappa shape index (κ3) is 5.76. The molecule has 0 aliphatic carbocycles. The van der Waals surface area contributed by atoms with Crippen molar-refractivity contribution in [1.82, 2.24) is 20.5 Å². The van der Waals surface area contributed by atoms with Crippen molar-refractivity contribution in [2.24, 2.45) is 0 Å². The quantitative estimate of drug-likeness (QED) is 0.536. The summed E-state index contributed by atoms with van der Waals surface area (Å²) < 4.78 is 64.5. The number of nitrogens with zero attached hydrogens (tertiary/aromatic N) is 3. The highest BCUT2D eigenvalue weighted by molar-refractivity contribution is 7.91. The molecule has 0 unspecified atom stereocenters. The maximum absolute atomic E-state index is 13.1. The molecule has 1 atom stereocenters. The normalized spacial score (nSPS) is 13.8. The van der Waals surface area contributed by atoms with Crippen molar-refractivity contribution < 1.29 is 36.3 Å². The summed E-state index contributed by atoms with van der Waals surface area (Å²) in [5, 5.41) is 21.4. The number of alkyl halides is 3. The number of nitrogens with one attached hydrogen (secondary N) is 2. The van der Waals surface area contributed by atoms with E-state index in [0.717, 1.165) is 19.1 Å². The predicted octanol–water partition coefficient (Wildman–Crippen LogP) is 0.976. The van der Waals surface area contributed by atoms with Crippen molar-refractivity contribution in [3.8, 4) is 0 Å². The largest absolute Gasteiger partial charge is 0.435 e. The van der Waals surface area contributed by atoms with Crippen LogP contribution < -0.4 is 10.6 Å². The maximum atomic E-state index is 13.1. The van der Waals surface area contributed by atoms with Crippen LogP contribution in [0.5, 0.6) is 0 Å². The molecule has 2 rings (SSSR count). The second kappa shape index (κ2) is 9.16. The number of aryl methyl sites for hydroxylation is 1. The molecule has 1 aromatic carbocycles. The lowest BCUT2D eigenvalue weighted by Crippen LogP contribution is -2.46. The first-order valence-corrected chi connectivity index (χ1v) is 10.8. The van der Waals surface area contributed by atoms with Crippen LogP contribution in [0.3, 0.4) is 0 Å². The topological polar surface area (TPSA) is 151 Å². The first-order valence-electron chi connectivity index (χ1n) is 9.10. The SMILES string of the molecule is CCc1nnc(NC(=O)[C@@](C)(O)CS(=O)(=O)c2ccc(C(=O)NC)cc2)nc1C(F)(F)F. The van der Waals surface area contributed by atoms with E-state index in [4.69, 9.17) is 0 Å². The Morgan fingerprint density at radius 2 is 1.72 bits per heavy atom. The first-order chi connectivity index (χ1) is 14.7. The second-order valence-electron chi connectivity index (χ2n) is 6.87. The number of rotatable bonds is 7. The molecule has 14 heteroatoms. The summed E-state index contributed by atoms with van der Waals surface area (Å²) in [6.45, 7) is 2.29. The van der Waals surface area contributed by atoms with Crippen molar-refractivity contribution in [2.45, 2.75) is 36.9 Å². The van der Waals surface area contributed by atoms with Gasteiger partial charge in [-0.2, -0.15) is 13.2 Å². The molecule has 1 heterocycles. The van der Waals surface area contributed by atoms with Gasteiger partial charge in [0.25, 0.3) is 11.8 Å². The van der Waals surface area contributed by atoms with Gasteiger partial charge in [-0.1, -0.05) is 6.92 Å². The minimum atomic E-state index is -4.85. The molecule has 32 heavy (non-hydrogen) atoms. The van der Waals surface area contributed by atoms with Crippen LogP contribution in [-0.2, 0) is 27.2 Å². The number of halogens is 3. The lowest BCUT2D eigenvalue weighted by Gasteiger charge is -2.22. The summed E-state index contributed by atoms with van der Waals surface area (Å²) in [7, 11) is -2.83. The van der Waals surface area contributed by atoms with E-state index in [1.165, 1.54) is 26.1 Å². The van der Waals surface area contributed by atoms with Crippen LogP contribution in [0.2, 0.25) is 0 Å². The highest BCUT2D eigenvalue weighted by atomic mass is 32.2. The molecule has 174 valence electrons. The van der Waals surface area contributed by atoms with E-state index in [1.807, 2.05) is 5.32 Å². The smallest absolute Gasteiger partial charge is 0.379 e. The lowest BCUT2D eigenvalue weighted by molar-refractivity contribution is -0.142. The van der Waals surface area contributed by atoms with Gasteiger partial charge in [-0.05, 0) is 37.6 Å². The van der Waals surface area contributed by atoms with Gasteiger partial charge >= 0.3 is 6.18 Å². The molecule has 1 aromatic heterocycles. The van der Waals surface area contributed by atoms with Crippen LogP contribution in [0.4, 0.5) is 19.1 Å². The molecular formula is C18H20F3N5O5S. The summed E-state index contributed by atoms with van der Waals surface area (Å²) >= 11 is 0. The second-order valence-corrected chi connectivity index (χ2v) is 8.86. The average Bonchev–Trinajstić information content (AvgIpc) is 2.71. The molecule has 0 spiro atoms. The van der Waals surface area contributed by atoms with Gasteiger partial charge in [0.2, 0.25) is 5.95 Å². The molecule has 0 radical (unpaired) electrons. The van der Waals surface area contributed by atoms with Crippen molar-refractivity contribution in [3.63, 3.8) is 0 Å². The van der Waals surface area contributed by atoms with E-state index in [1.54, 1.807) is 0 Å². The Morgan fingerprint density at radius 1 is 1.12 bits per heavy atom. The minimum Gasteiger partial charge on any atom is -0.379 e. The number of aromatic nitrogens is 3. The van der Waals surface area contributed by atoms with Crippen molar-refractivity contribution >= 4 is 27.6 Å². The van der Waals surface area contributed by atoms with Crippen molar-refractivity contribution in [2.75, 3.05) is 18.1 Å². The Labute approximate surface area is 181 Å². The fourth-order valence-electron chi connectivity index (χ4n) is 2.58. The van der Waals surface area contributed by atoms with Gasteiger partial charge < -0.3 is 10.4 Å². The van der Waals surface area contributed by atoms with Gasteiger partial charge in [0.05, 0.1) is 16.3 Å². The van der Waals surface area contributed by atoms with E-state index in [2.05, 4.69) is 20.5 Å². The number of sulfone groups is 1. The van der Waals surface area contributed by atoms with Crippen molar-refractivity contribution in [1.29, 1.82) is 0 Å². The molecular weight excluding hydrogens is 455 g/mol. The molecule has 2 aromatic rings. The average molecular weight is 475 g/mol. The van der Waals surface area contributed by atoms with Crippen LogP contribution in [-0.4, -0.2) is 58.9 Å². The summed E-state index contributed by atoms with van der Waals surface area (Å²) in [5.41, 5.74) is -4.15. The van der Waals surface area contributed by atoms with Crippen LogP contribution in [0.25, 0.3) is 0 Å². The number of hydrogen-bond donors (Lipinski definition) is 3. The Hall–Kier alpha value is -3.13. The minimum absolute atomic E-state index is 0.113. The number of carbonyl (C=O) groups is 2. The van der Waals surface area contributed by atoms with Gasteiger partial charge in [-0.3, -0.25) is 14.9 Å². The monoisotopic (exact) mass is 475 g/mol. The van der Waals surface area contributed by atoms with Crippen LogP contribution >= 0.6 is 0 Å². The summed E-state index contributed by atoms with van der Waals surface area (Å²) in [5.74, 6) is -3.73. The Morgan fingerprint density at radius 3 is 2.22 bits per heavy atom. The van der Waals surface area contributed by atoms with Gasteiger partial charge in [-0.15, -0.1) is 10.2 Å². The standard InChI is InChI=1S/C18H20F3N5O5S/c1-4-12-13(18(19,20)21)23-16(26-25-12)24-15(28)17(2,29)9-32(30,31)11-7-5-10(6-8-11)14(27)22-3/h5-8,29H,4,9H2,1-3H3,(H,22,27)(H,23,24,26,28)/t17-/m0/s1. The molecule has 10 nitrogen and oxygen atoms in total. The third-order valence-electron chi connectivity index (χ3n) is 4.25. The highest BCUT2D eigenvalue weighted by Crippen LogP contribution is 2.30. The van der Waals surface area contributed by atoms with Crippen LogP contribution in [0.1, 0.15) is 35.6 Å². The molecule has 0 fully saturated rings. The van der Waals surface area contributed by atoms with Crippen LogP contribution in [0, 0.1) is 0 Å². The highest BCUT2D eigenvalue weighted by Gasteiger charge is 2.39. The number of aliphatic hydroxyl groups is 1. The molecule has 3 N–H and O–H groups in total. The zero-order chi connectivity index (χ0) is 24.3. The number of anilines is 1. The number of hydrogen-bond acceptors (Lipinski definition) is 8. The predicted molar refractivity (Wildman–Crippen MR) is 105 cm³/mol. The zero-order valence-electron chi connectivity index (χ0n) is 17.2. The summed E-state index contributed by atoms with van der Waals surface area (Å²) in [6, 6.07) is 4.74. The number of amides is 2. The molecule has 0 bridgehead atoms. The Kier molecular flexibility index (Phi) is 7.19. The number of benzene rings is 1. The lowest BCUT2D eigenvalue weighted by atomic mass is 10.1. The fraction of sp³-hybridized carbons (Fsp3) is 0.389. The Bertz CT molecular complexity index is 1120. The molecule has 2 amide bonds. The Balaban J connectivity index is 2.23. The first kappa shape index (κ1) is 25.1. The zero-order valence-corrected chi connectivity index (χ0v) is 18.0. The maximum Gasteiger partial charge on any atom is 0.435 e. The number of carbonyl (C=O) groups excluding carboxylic acids is 2. The summed E-state index contributed by atoms with van der Waals surface area (Å²) in [6.07, 6.45) is -4.97. The van der Waals surface area contributed by atoms with Gasteiger partial charge in [0, 0.05) is 12.6 Å². The van der Waals surface area contributed by atoms with E-state index in [0.29, 0.717) is 0 Å². The molecule has 0 aliphatic rings. The summed E-state index contributed by atoms with van der Waals surface area (Å²) in [4.78, 5) is 26.9. The van der Waals surface area contributed by atoms with Gasteiger partial charge in [-0.25, -0.2) is 13.4 Å². The van der Waals surface area contributed by atoms with Gasteiger partial charge in [0.1, 0.15) is 0 Å². The molecule has 0 saturated heterocycles. The van der Waals surface area contributed by atoms with Crippen LogP contribution in [0.15, 0.2) is 29.2 Å². The molecule has 0 aliphatic heterocycles. The van der Waals surface area contributed by atoms with E-state index in [9.17, 15) is 36.3 Å². The van der Waals surface area contributed by atoms with E-state index in [-0.39, 0.29) is 16.9 Å². The molecule has 0 saturated carbocycles.